The molecule has 0 unspecified atom stereocenters. The molecule has 2 amide bonds. The van der Waals surface area contributed by atoms with Gasteiger partial charge in [-0.25, -0.2) is 27.3 Å². The number of sulfonamides is 1. The predicted molar refractivity (Wildman–Crippen MR) is 158 cm³/mol. The summed E-state index contributed by atoms with van der Waals surface area (Å²) in [5.41, 5.74) is 0.942. The lowest BCUT2D eigenvalue weighted by molar-refractivity contribution is 0.256. The summed E-state index contributed by atoms with van der Waals surface area (Å²) in [7, 11) is -4.07. The molecule has 2 heterocycles. The molecule has 5 rings (SSSR count). The second-order valence-electron chi connectivity index (χ2n) is 9.16. The van der Waals surface area contributed by atoms with E-state index in [1.807, 2.05) is 37.6 Å². The molecule has 2 aromatic heterocycles. The van der Waals surface area contributed by atoms with Gasteiger partial charge < -0.3 is 10.6 Å². The van der Waals surface area contributed by atoms with Crippen LogP contribution in [0.15, 0.2) is 57.5 Å². The largest absolute Gasteiger partial charge is 0.385 e. The van der Waals surface area contributed by atoms with Gasteiger partial charge in [-0.3, -0.25) is 9.36 Å². The fourth-order valence-corrected chi connectivity index (χ4v) is 6.26. The maximum atomic E-state index is 15.2. The van der Waals surface area contributed by atoms with Crippen LogP contribution in [0.5, 0.6) is 0 Å². The molecule has 0 bridgehead atoms. The van der Waals surface area contributed by atoms with Crippen LogP contribution < -0.4 is 20.9 Å². The van der Waals surface area contributed by atoms with Gasteiger partial charge in [0.1, 0.15) is 15.9 Å². The maximum Gasteiger partial charge on any atom is 0.333 e. The van der Waals surface area contributed by atoms with Gasteiger partial charge in [0.05, 0.1) is 16.6 Å². The van der Waals surface area contributed by atoms with E-state index in [-0.39, 0.29) is 15.6 Å². The minimum Gasteiger partial charge on any atom is -0.385 e. The number of aryl methyl sites for hydroxylation is 2. The molecule has 0 atom stereocenters. The quantitative estimate of drug-likeness (QED) is 0.240. The molecule has 2 aromatic carbocycles. The second kappa shape index (κ2) is 12.2. The highest BCUT2D eigenvalue weighted by atomic mass is 32.2. The summed E-state index contributed by atoms with van der Waals surface area (Å²) in [6, 6.07) is 11.1. The maximum absolute atomic E-state index is 15.2. The highest BCUT2D eigenvalue weighted by molar-refractivity contribution is 7.92. The van der Waals surface area contributed by atoms with Crippen molar-refractivity contribution in [2.75, 3.05) is 17.2 Å². The number of fused-ring (bicyclic) bond motifs is 1. The fourth-order valence-electron chi connectivity index (χ4n) is 4.06. The molecule has 1 aliphatic rings. The van der Waals surface area contributed by atoms with Crippen LogP contribution in [0.25, 0.3) is 16.6 Å². The third-order valence-electron chi connectivity index (χ3n) is 6.25. The van der Waals surface area contributed by atoms with Gasteiger partial charge in [-0.1, -0.05) is 20.8 Å². The van der Waals surface area contributed by atoms with E-state index >= 15 is 4.39 Å². The van der Waals surface area contributed by atoms with E-state index in [9.17, 15) is 18.0 Å². The van der Waals surface area contributed by atoms with Gasteiger partial charge >= 0.3 is 6.03 Å². The highest BCUT2D eigenvalue weighted by Gasteiger charge is 2.22. The molecule has 40 heavy (non-hydrogen) atoms. The Morgan fingerprint density at radius 1 is 1.10 bits per heavy atom. The van der Waals surface area contributed by atoms with Crippen LogP contribution >= 0.6 is 11.3 Å². The van der Waals surface area contributed by atoms with Crippen LogP contribution in [0.1, 0.15) is 44.3 Å². The van der Waals surface area contributed by atoms with Gasteiger partial charge in [0.15, 0.2) is 0 Å². The third-order valence-corrected chi connectivity index (χ3v) is 9.31. The van der Waals surface area contributed by atoms with Gasteiger partial charge in [-0.15, -0.1) is 11.3 Å². The molecule has 0 aliphatic heterocycles. The average molecular weight is 586 g/mol. The second-order valence-corrected chi connectivity index (χ2v) is 12.2. The summed E-state index contributed by atoms with van der Waals surface area (Å²) >= 11 is 1.07. The Kier molecular flexibility index (Phi) is 8.89. The van der Waals surface area contributed by atoms with Crippen LogP contribution in [0, 0.1) is 18.7 Å². The minimum absolute atomic E-state index is 0.00972. The van der Waals surface area contributed by atoms with E-state index < -0.39 is 27.4 Å². The van der Waals surface area contributed by atoms with Gasteiger partial charge in [0.2, 0.25) is 0 Å². The number of hydrogen-bond donors (Lipinski definition) is 3. The minimum atomic E-state index is -4.07. The van der Waals surface area contributed by atoms with Gasteiger partial charge in [-0.2, -0.15) is 0 Å². The first-order chi connectivity index (χ1) is 19.1. The molecular weight excluding hydrogens is 553 g/mol. The number of anilines is 2. The van der Waals surface area contributed by atoms with E-state index in [0.717, 1.165) is 34.5 Å². The van der Waals surface area contributed by atoms with Crippen LogP contribution in [-0.2, 0) is 16.4 Å². The number of nitrogens with one attached hydrogen (secondary N) is 3. The summed E-state index contributed by atoms with van der Waals surface area (Å²) in [6.07, 6.45) is 3.12. The number of carbonyl (C=O) groups is 1. The number of hydrogen-bond acceptors (Lipinski definition) is 7. The number of halogens is 1. The van der Waals surface area contributed by atoms with Crippen LogP contribution in [0.4, 0.5) is 20.6 Å². The Labute approximate surface area is 236 Å². The molecule has 212 valence electrons. The van der Waals surface area contributed by atoms with Crippen molar-refractivity contribution in [3.05, 3.63) is 75.4 Å². The standard InChI is InChI=1S/C26H26FN5O4S2.C2H6/c1-3-19-8-11-24(37-19)38(35,36)31-26(34)30-18-7-10-23(21(27)12-18)32-15(2)29-22-13-17(28-14-16-4-5-16)6-9-20(22)25(32)33;1-2/h6-13,16,28H,3-5,14H2,1-2H3,(H2,30,31,34);1-2H3. The Balaban J connectivity index is 0.00000181. The lowest BCUT2D eigenvalue weighted by atomic mass is 10.2. The first-order valence-corrected chi connectivity index (χ1v) is 15.4. The van der Waals surface area contributed by atoms with Crippen LogP contribution in [-0.4, -0.2) is 30.5 Å². The molecule has 0 saturated heterocycles. The van der Waals surface area contributed by atoms with Crippen LogP contribution in [0.3, 0.4) is 0 Å². The monoisotopic (exact) mass is 585 g/mol. The van der Waals surface area contributed by atoms with Gasteiger partial charge in [0.25, 0.3) is 15.6 Å². The summed E-state index contributed by atoms with van der Waals surface area (Å²) in [4.78, 5) is 31.0. The Bertz CT molecular complexity index is 1710. The number of nitrogens with zero attached hydrogens (tertiary/aromatic N) is 2. The molecular formula is C28H32FN5O4S2. The summed E-state index contributed by atoms with van der Waals surface area (Å²) in [5, 5.41) is 6.03. The predicted octanol–water partition coefficient (Wildman–Crippen LogP) is 5.82. The van der Waals surface area contributed by atoms with Crippen molar-refractivity contribution in [2.45, 2.75) is 51.2 Å². The molecule has 4 aromatic rings. The van der Waals surface area contributed by atoms with E-state index in [4.69, 9.17) is 0 Å². The van der Waals surface area contributed by atoms with E-state index in [1.165, 1.54) is 35.6 Å². The number of urea groups is 1. The van der Waals surface area contributed by atoms with Crippen molar-refractivity contribution in [2.24, 2.45) is 5.92 Å². The number of carbonyl (C=O) groups excluding carboxylic acids is 1. The Morgan fingerprint density at radius 2 is 1.82 bits per heavy atom. The van der Waals surface area contributed by atoms with Crippen molar-refractivity contribution in [1.82, 2.24) is 14.3 Å². The lowest BCUT2D eigenvalue weighted by Gasteiger charge is -2.14. The zero-order valence-electron chi connectivity index (χ0n) is 22.7. The normalized spacial score (nSPS) is 12.9. The first-order valence-electron chi connectivity index (χ1n) is 13.1. The fraction of sp³-hybridized carbons (Fsp3) is 0.321. The smallest absolute Gasteiger partial charge is 0.333 e. The van der Waals surface area contributed by atoms with Gasteiger partial charge in [-0.05, 0) is 80.6 Å². The molecule has 9 nitrogen and oxygen atoms in total. The highest BCUT2D eigenvalue weighted by Crippen LogP contribution is 2.29. The Morgan fingerprint density at radius 3 is 2.48 bits per heavy atom. The SMILES string of the molecule is CC.CCc1ccc(S(=O)(=O)NC(=O)Nc2ccc(-n3c(C)nc4cc(NCC5CC5)ccc4c3=O)c(F)c2)s1. The average Bonchev–Trinajstić information content (AvgIpc) is 3.62. The molecule has 3 N–H and O–H groups in total. The van der Waals surface area contributed by atoms with Crippen molar-refractivity contribution in [1.29, 1.82) is 0 Å². The summed E-state index contributed by atoms with van der Waals surface area (Å²) in [5.74, 6) is 0.206. The molecule has 0 spiro atoms. The number of thiophene rings is 1. The summed E-state index contributed by atoms with van der Waals surface area (Å²) < 4.78 is 43.2. The van der Waals surface area contributed by atoms with E-state index in [0.29, 0.717) is 29.1 Å². The molecule has 12 heteroatoms. The van der Waals surface area contributed by atoms with Crippen molar-refractivity contribution in [3.63, 3.8) is 0 Å². The van der Waals surface area contributed by atoms with E-state index in [1.54, 1.807) is 19.1 Å². The Hall–Kier alpha value is -3.77. The molecule has 1 saturated carbocycles. The molecule has 1 aliphatic carbocycles. The molecule has 1 fully saturated rings. The van der Waals surface area contributed by atoms with Crippen LogP contribution in [0.2, 0.25) is 0 Å². The van der Waals surface area contributed by atoms with Crippen molar-refractivity contribution < 1.29 is 17.6 Å². The van der Waals surface area contributed by atoms with E-state index in [2.05, 4.69) is 15.6 Å². The number of rotatable bonds is 8. The zero-order valence-corrected chi connectivity index (χ0v) is 24.4. The first kappa shape index (κ1) is 29.2. The van der Waals surface area contributed by atoms with Gasteiger partial charge in [0, 0.05) is 22.8 Å². The summed E-state index contributed by atoms with van der Waals surface area (Å²) in [6.45, 7) is 8.39. The molecule has 0 radical (unpaired) electrons. The number of amides is 2. The van der Waals surface area contributed by atoms with Crippen molar-refractivity contribution in [3.8, 4) is 5.69 Å². The lowest BCUT2D eigenvalue weighted by Crippen LogP contribution is -2.34. The number of aromatic nitrogens is 2. The zero-order chi connectivity index (χ0) is 29.0. The topological polar surface area (TPSA) is 122 Å². The van der Waals surface area contributed by atoms with Crippen molar-refractivity contribution >= 4 is 49.7 Å². The third kappa shape index (κ3) is 6.50. The number of benzene rings is 2.